The average Bonchev–Trinajstić information content (AvgIpc) is 1.51. The normalized spacial score (nSPS) is 13.2. The highest BCUT2D eigenvalue weighted by Crippen LogP contribution is 2.46. The molecule has 0 amide bonds. The number of thiazole rings is 1. The number of azo groups is 3. The Morgan fingerprint density at radius 2 is 1.25 bits per heavy atom. The minimum absolute atomic E-state index is 0.00597. The number of nitrogens with zero attached hydrogens (tertiary/aromatic N) is 10. The number of hydrogen-bond donors (Lipinski definition) is 7. The minimum Gasteiger partial charge on any atom is -0.494 e. The van der Waals surface area contributed by atoms with Crippen molar-refractivity contribution in [3.8, 4) is 23.4 Å². The Bertz CT molecular complexity index is 4970. The molecule has 8 aromatic rings. The second-order valence-electron chi connectivity index (χ2n) is 17.5. The Hall–Kier alpha value is -7.01. The molecule has 0 fully saturated rings. The summed E-state index contributed by atoms with van der Waals surface area (Å²) in [7, 11) is -28.3. The lowest BCUT2D eigenvalue weighted by Crippen LogP contribution is -2.08. The van der Waals surface area contributed by atoms with E-state index in [-0.39, 0.29) is 113 Å². The minimum atomic E-state index is -5.33. The van der Waals surface area contributed by atoms with Crippen LogP contribution in [-0.4, -0.2) is 128 Å². The summed E-state index contributed by atoms with van der Waals surface area (Å²) in [6.07, 6.45) is -0.348. The molecule has 444 valence electrons. The number of nitriles is 1. The third-order valence-electron chi connectivity index (χ3n) is 11.7. The van der Waals surface area contributed by atoms with E-state index in [9.17, 15) is 88.2 Å². The van der Waals surface area contributed by atoms with Crippen LogP contribution in [0.3, 0.4) is 0 Å². The predicted molar refractivity (Wildman–Crippen MR) is 300 cm³/mol. The molecule has 7 N–H and O–H groups in total. The molecular weight excluding hydrogens is 1300 g/mol. The largest absolute Gasteiger partial charge is 0.494 e. The molecule has 0 saturated heterocycles. The zero-order valence-corrected chi connectivity index (χ0v) is 49.7. The first-order valence-electron chi connectivity index (χ1n) is 22.8. The van der Waals surface area contributed by atoms with Crippen LogP contribution in [0.25, 0.3) is 37.7 Å². The summed E-state index contributed by atoms with van der Waals surface area (Å²) >= 11 is 7.68. The van der Waals surface area contributed by atoms with Gasteiger partial charge in [0.1, 0.15) is 65.9 Å². The molecule has 8 rings (SSSR count). The van der Waals surface area contributed by atoms with Gasteiger partial charge in [-0.2, -0.15) is 60.9 Å². The van der Waals surface area contributed by atoms with E-state index in [1.165, 1.54) is 44.4 Å². The number of aromatic nitrogens is 3. The first-order valence-corrected chi connectivity index (χ1v) is 34.0. The van der Waals surface area contributed by atoms with Gasteiger partial charge in [0.2, 0.25) is 11.0 Å². The van der Waals surface area contributed by atoms with Crippen molar-refractivity contribution in [3.05, 3.63) is 76.3 Å². The van der Waals surface area contributed by atoms with Crippen molar-refractivity contribution >= 4 is 167 Å². The van der Waals surface area contributed by atoms with Crippen LogP contribution >= 0.6 is 34.7 Å². The summed E-state index contributed by atoms with van der Waals surface area (Å²) in [5.74, 6) is -2.27. The number of thioether (sulfide) groups is 1. The first kappa shape index (κ1) is 63.0. The van der Waals surface area contributed by atoms with Gasteiger partial charge in [0, 0.05) is 38.4 Å². The molecule has 3 heterocycles. The molecule has 0 unspecified atom stereocenters. The Kier molecular flexibility index (Phi) is 17.6. The molecule has 0 aliphatic heterocycles. The Balaban J connectivity index is 1.22. The van der Waals surface area contributed by atoms with E-state index in [1.807, 2.05) is 6.07 Å². The van der Waals surface area contributed by atoms with Crippen LogP contribution in [0.1, 0.15) is 29.5 Å². The zero-order valence-electron chi connectivity index (χ0n) is 42.4. The summed E-state index contributed by atoms with van der Waals surface area (Å²) in [5.41, 5.74) is -1.62. The van der Waals surface area contributed by atoms with Crippen molar-refractivity contribution in [2.24, 2.45) is 30.7 Å². The van der Waals surface area contributed by atoms with E-state index in [0.717, 1.165) is 28.3 Å². The second kappa shape index (κ2) is 23.5. The van der Waals surface area contributed by atoms with Crippen LogP contribution in [0, 0.1) is 25.2 Å². The van der Waals surface area contributed by atoms with E-state index < -0.39 is 114 Å². The lowest BCUT2D eigenvalue weighted by atomic mass is 10.1. The molecular formula is C44H37ClN10O21S8. The van der Waals surface area contributed by atoms with Crippen molar-refractivity contribution < 1.29 is 92.4 Å². The molecule has 0 atom stereocenters. The molecule has 3 aromatic heterocycles. The number of imidazole rings is 1. The van der Waals surface area contributed by atoms with Crippen molar-refractivity contribution in [1.29, 1.82) is 5.26 Å². The Labute approximate surface area is 487 Å². The lowest BCUT2D eigenvalue weighted by Gasteiger charge is -2.12. The van der Waals surface area contributed by atoms with Gasteiger partial charge in [-0.1, -0.05) is 22.9 Å². The molecule has 0 radical (unpaired) electrons. The topological polar surface area (TPSA) is 493 Å². The number of fused-ring (bicyclic) bond motifs is 6. The monoisotopic (exact) mass is 1330 g/mol. The van der Waals surface area contributed by atoms with Gasteiger partial charge in [0.05, 0.1) is 46.0 Å². The molecule has 0 bridgehead atoms. The van der Waals surface area contributed by atoms with Gasteiger partial charge in [-0.05, 0) is 80.5 Å². The van der Waals surface area contributed by atoms with Gasteiger partial charge >= 0.3 is 0 Å². The highest BCUT2D eigenvalue weighted by molar-refractivity contribution is 7.99. The number of benzene rings is 5. The van der Waals surface area contributed by atoms with Crippen LogP contribution < -0.4 is 9.47 Å². The molecule has 31 nitrogen and oxygen atoms in total. The first-order chi connectivity index (χ1) is 39.0. The highest BCUT2D eigenvalue weighted by atomic mass is 35.5. The number of ether oxygens (including phenoxy) is 2. The Morgan fingerprint density at radius 1 is 0.655 bits per heavy atom. The third kappa shape index (κ3) is 13.9. The van der Waals surface area contributed by atoms with Crippen molar-refractivity contribution in [2.45, 2.75) is 51.2 Å². The summed E-state index contributed by atoms with van der Waals surface area (Å²) in [6, 6.07) is 11.2. The number of pyridine rings is 1. The molecule has 84 heavy (non-hydrogen) atoms. The molecule has 0 spiro atoms. The fourth-order valence-electron chi connectivity index (χ4n) is 8.00. The maximum Gasteiger partial charge on any atom is 0.296 e. The standard InChI is InChI=1S/C44H37ClN10O21S8/c1-20-10-28(50-53-38-21(2)26(19-46)42-47-39-31(55(42)43(38)56)11-22(45)12-36(39)83(69,70)71)33(76-6-4-8-79(57,58)59)16-27(20)49-52-30-17-32(75-3)29(18-34(30)77-7-5-9-80(60,61)62)51-54-44-48-40-37(84(72,73)74)15-24-25(41(40)78-44)13-23(81(63,64)65)14-35(24)82(66,67)68/h10-18,56H,4-9H2,1-3H3,(H,57,58,59)(H,60,61,62)(H,63,64,65)(H,66,67,68)(H,69,70,71)(H,72,73,74). The number of methoxy groups -OCH3 is 1. The van der Waals surface area contributed by atoms with Gasteiger partial charge in [-0.3, -0.25) is 31.7 Å². The summed E-state index contributed by atoms with van der Waals surface area (Å²) < 4.78 is 216. The van der Waals surface area contributed by atoms with Crippen LogP contribution in [0.5, 0.6) is 17.4 Å². The van der Waals surface area contributed by atoms with E-state index in [4.69, 9.17) is 21.1 Å². The quantitative estimate of drug-likeness (QED) is 0.0152. The second-order valence-corrected chi connectivity index (χ2v) is 28.8. The van der Waals surface area contributed by atoms with Crippen molar-refractivity contribution in [1.82, 2.24) is 14.4 Å². The average molecular weight is 1330 g/mol. The Morgan fingerprint density at radius 3 is 1.87 bits per heavy atom. The van der Waals surface area contributed by atoms with E-state index >= 15 is 0 Å². The molecule has 5 aromatic carbocycles. The van der Waals surface area contributed by atoms with Gasteiger partial charge in [-0.15, -0.1) is 37.3 Å². The van der Waals surface area contributed by atoms with E-state index in [2.05, 4.69) is 40.7 Å². The van der Waals surface area contributed by atoms with Gasteiger partial charge in [-0.25, -0.2) is 9.97 Å². The SMILES string of the molecule is COc1cc(N=Nc2cc(OCCCS(=O)(=O)O)c(N=Nc3c(C)c(C#N)c4nc5c(S(=O)(=O)O)cc(Cl)cc5n4c3O)cc2C)c(SCCCS(=O)(=O)O)cc1N=Nc1nc2c(S(=O)(=O)O)cc3c(S(=O)(=O)O)cc(S(=O)(=O)O)cc3c2s1. The number of aromatic hydroxyl groups is 1. The smallest absolute Gasteiger partial charge is 0.296 e. The van der Waals surface area contributed by atoms with Crippen LogP contribution in [0.4, 0.5) is 33.6 Å². The highest BCUT2D eigenvalue weighted by Gasteiger charge is 2.29. The van der Waals surface area contributed by atoms with Gasteiger partial charge in [0.25, 0.3) is 60.7 Å². The van der Waals surface area contributed by atoms with Gasteiger partial charge < -0.3 is 14.6 Å². The summed E-state index contributed by atoms with van der Waals surface area (Å²) in [5, 5.41) is 45.8. The number of halogens is 1. The predicted octanol–water partition coefficient (Wildman–Crippen LogP) is 9.37. The summed E-state index contributed by atoms with van der Waals surface area (Å²) in [4.78, 5) is 4.64. The molecule has 0 aliphatic carbocycles. The maximum absolute atomic E-state index is 12.6. The molecule has 0 saturated carbocycles. The lowest BCUT2D eigenvalue weighted by molar-refractivity contribution is 0.317. The van der Waals surface area contributed by atoms with Crippen molar-refractivity contribution in [3.63, 3.8) is 0 Å². The third-order valence-corrected chi connectivity index (χ3v) is 19.1. The molecule has 40 heteroatoms. The number of hydrogen-bond acceptors (Lipinski definition) is 26. The number of aryl methyl sites for hydroxylation is 1. The van der Waals surface area contributed by atoms with Crippen molar-refractivity contribution in [2.75, 3.05) is 31.0 Å². The van der Waals surface area contributed by atoms with Crippen LogP contribution in [-0.2, 0) is 60.7 Å². The number of rotatable bonds is 21. The fraction of sp³-hybridized carbons (Fsp3) is 0.205. The van der Waals surface area contributed by atoms with Crippen LogP contribution in [0.2, 0.25) is 5.02 Å². The van der Waals surface area contributed by atoms with E-state index in [0.29, 0.717) is 29.0 Å². The summed E-state index contributed by atoms with van der Waals surface area (Å²) in [6.45, 7) is 2.57. The molecule has 0 aliphatic rings. The fourth-order valence-corrected chi connectivity index (χ4v) is 14.1. The van der Waals surface area contributed by atoms with E-state index in [1.54, 1.807) is 6.92 Å². The zero-order chi connectivity index (χ0) is 61.8. The maximum atomic E-state index is 12.6. The van der Waals surface area contributed by atoms with Gasteiger partial charge in [0.15, 0.2) is 11.3 Å². The van der Waals surface area contributed by atoms with Crippen LogP contribution in [0.15, 0.2) is 110 Å².